The summed E-state index contributed by atoms with van der Waals surface area (Å²) in [6.07, 6.45) is 0.962. The number of rotatable bonds is 4. The number of nitrogens with one attached hydrogen (secondary N) is 1. The Bertz CT molecular complexity index is 569. The van der Waals surface area contributed by atoms with Gasteiger partial charge in [0.2, 0.25) is 5.91 Å². The molecule has 19 heavy (non-hydrogen) atoms. The van der Waals surface area contributed by atoms with Crippen molar-refractivity contribution in [3.63, 3.8) is 0 Å². The molecule has 0 radical (unpaired) electrons. The Labute approximate surface area is 119 Å². The van der Waals surface area contributed by atoms with Crippen molar-refractivity contribution in [1.29, 1.82) is 0 Å². The van der Waals surface area contributed by atoms with Crippen LogP contribution >= 0.6 is 15.9 Å². The first-order valence-corrected chi connectivity index (χ1v) is 6.73. The minimum atomic E-state index is -0.263. The first-order valence-electron chi connectivity index (χ1n) is 5.94. The first-order chi connectivity index (χ1) is 9.15. The van der Waals surface area contributed by atoms with E-state index in [0.29, 0.717) is 12.8 Å². The Hall–Kier alpha value is -1.68. The number of benzene rings is 2. The van der Waals surface area contributed by atoms with Crippen LogP contribution in [0.15, 0.2) is 53.0 Å². The molecule has 2 rings (SSSR count). The van der Waals surface area contributed by atoms with E-state index in [9.17, 15) is 9.18 Å². The summed E-state index contributed by atoms with van der Waals surface area (Å²) in [5, 5.41) is 2.83. The molecule has 0 atom stereocenters. The van der Waals surface area contributed by atoms with E-state index in [1.165, 1.54) is 12.1 Å². The van der Waals surface area contributed by atoms with Crippen molar-refractivity contribution < 1.29 is 9.18 Å². The largest absolute Gasteiger partial charge is 0.325 e. The number of amides is 1. The van der Waals surface area contributed by atoms with E-state index in [2.05, 4.69) is 21.2 Å². The number of carbonyl (C=O) groups excluding carboxylic acids is 1. The summed E-state index contributed by atoms with van der Waals surface area (Å²) in [5.41, 5.74) is 1.70. The molecule has 1 N–H and O–H groups in total. The lowest BCUT2D eigenvalue weighted by atomic mass is 10.1. The third kappa shape index (κ3) is 4.17. The van der Waals surface area contributed by atoms with Crippen molar-refractivity contribution in [2.45, 2.75) is 12.8 Å². The molecule has 0 aliphatic carbocycles. The number of hydrogen-bond donors (Lipinski definition) is 1. The highest BCUT2D eigenvalue weighted by Gasteiger charge is 2.05. The van der Waals surface area contributed by atoms with E-state index in [1.807, 2.05) is 24.3 Å². The van der Waals surface area contributed by atoms with Crippen LogP contribution in [0.5, 0.6) is 0 Å². The standard InChI is InChI=1S/C15H13BrFNO/c16-13-3-1-2-4-14(13)18-15(19)10-7-11-5-8-12(17)9-6-11/h1-6,8-9H,7,10H2,(H,18,19). The second-order valence-corrected chi connectivity index (χ2v) is 5.01. The molecule has 0 unspecified atom stereocenters. The van der Waals surface area contributed by atoms with Crippen LogP contribution in [0.2, 0.25) is 0 Å². The number of para-hydroxylation sites is 1. The third-order valence-electron chi connectivity index (χ3n) is 2.70. The molecule has 0 saturated heterocycles. The van der Waals surface area contributed by atoms with Crippen molar-refractivity contribution in [2.24, 2.45) is 0 Å². The van der Waals surface area contributed by atoms with Crippen LogP contribution in [-0.4, -0.2) is 5.91 Å². The van der Waals surface area contributed by atoms with Crippen molar-refractivity contribution in [3.05, 3.63) is 64.4 Å². The Morgan fingerprint density at radius 2 is 1.79 bits per heavy atom. The molecule has 0 aliphatic rings. The molecule has 0 aromatic heterocycles. The lowest BCUT2D eigenvalue weighted by Crippen LogP contribution is -2.12. The second kappa shape index (κ2) is 6.48. The Balaban J connectivity index is 1.88. The van der Waals surface area contributed by atoms with Gasteiger partial charge in [-0.05, 0) is 52.2 Å². The van der Waals surface area contributed by atoms with Gasteiger partial charge in [0.15, 0.2) is 0 Å². The fraction of sp³-hybridized carbons (Fsp3) is 0.133. The minimum Gasteiger partial charge on any atom is -0.325 e. The molecular weight excluding hydrogens is 309 g/mol. The number of hydrogen-bond acceptors (Lipinski definition) is 1. The van der Waals surface area contributed by atoms with Crippen molar-refractivity contribution in [3.8, 4) is 0 Å². The smallest absolute Gasteiger partial charge is 0.224 e. The zero-order valence-electron chi connectivity index (χ0n) is 10.2. The maximum absolute atomic E-state index is 12.7. The summed E-state index contributed by atoms with van der Waals surface area (Å²) in [7, 11) is 0. The molecule has 0 bridgehead atoms. The van der Waals surface area contributed by atoms with Gasteiger partial charge < -0.3 is 5.32 Å². The Morgan fingerprint density at radius 1 is 1.11 bits per heavy atom. The van der Waals surface area contributed by atoms with E-state index < -0.39 is 0 Å². The van der Waals surface area contributed by atoms with Crippen molar-refractivity contribution in [2.75, 3.05) is 5.32 Å². The molecular formula is C15H13BrFNO. The molecule has 0 fully saturated rings. The lowest BCUT2D eigenvalue weighted by molar-refractivity contribution is -0.116. The summed E-state index contributed by atoms with van der Waals surface area (Å²) in [5.74, 6) is -0.322. The molecule has 0 aliphatic heterocycles. The van der Waals surface area contributed by atoms with E-state index in [0.717, 1.165) is 15.7 Å². The van der Waals surface area contributed by atoms with Gasteiger partial charge in [0.25, 0.3) is 0 Å². The predicted molar refractivity (Wildman–Crippen MR) is 77.5 cm³/mol. The van der Waals surface area contributed by atoms with Crippen LogP contribution < -0.4 is 5.32 Å². The summed E-state index contributed by atoms with van der Waals surface area (Å²) < 4.78 is 13.6. The molecule has 2 aromatic rings. The minimum absolute atomic E-state index is 0.0591. The maximum atomic E-state index is 12.7. The normalized spacial score (nSPS) is 10.2. The molecule has 4 heteroatoms. The number of anilines is 1. The van der Waals surface area contributed by atoms with Gasteiger partial charge >= 0.3 is 0 Å². The van der Waals surface area contributed by atoms with E-state index >= 15 is 0 Å². The average molecular weight is 322 g/mol. The predicted octanol–water partition coefficient (Wildman–Crippen LogP) is 4.16. The van der Waals surface area contributed by atoms with Gasteiger partial charge in [-0.25, -0.2) is 4.39 Å². The monoisotopic (exact) mass is 321 g/mol. The van der Waals surface area contributed by atoms with E-state index in [4.69, 9.17) is 0 Å². The van der Waals surface area contributed by atoms with Crippen LogP contribution in [0.3, 0.4) is 0 Å². The molecule has 98 valence electrons. The van der Waals surface area contributed by atoms with E-state index in [1.54, 1.807) is 12.1 Å². The van der Waals surface area contributed by atoms with Crippen LogP contribution in [0, 0.1) is 5.82 Å². The Morgan fingerprint density at radius 3 is 2.47 bits per heavy atom. The maximum Gasteiger partial charge on any atom is 0.224 e. The summed E-state index contributed by atoms with van der Waals surface area (Å²) in [6, 6.07) is 13.7. The zero-order chi connectivity index (χ0) is 13.7. The van der Waals surface area contributed by atoms with Crippen LogP contribution in [-0.2, 0) is 11.2 Å². The highest BCUT2D eigenvalue weighted by molar-refractivity contribution is 9.10. The topological polar surface area (TPSA) is 29.1 Å². The number of carbonyl (C=O) groups is 1. The number of halogens is 2. The van der Waals surface area contributed by atoms with Crippen LogP contribution in [0.25, 0.3) is 0 Å². The summed E-state index contributed by atoms with van der Waals surface area (Å²) in [6.45, 7) is 0. The van der Waals surface area contributed by atoms with Gasteiger partial charge in [0.1, 0.15) is 5.82 Å². The van der Waals surface area contributed by atoms with Crippen molar-refractivity contribution >= 4 is 27.5 Å². The van der Waals surface area contributed by atoms with Gasteiger partial charge in [0, 0.05) is 10.9 Å². The summed E-state index contributed by atoms with van der Waals surface area (Å²) in [4.78, 5) is 11.8. The van der Waals surface area contributed by atoms with Gasteiger partial charge in [-0.1, -0.05) is 24.3 Å². The third-order valence-corrected chi connectivity index (χ3v) is 3.39. The quantitative estimate of drug-likeness (QED) is 0.900. The van der Waals surface area contributed by atoms with Crippen molar-refractivity contribution in [1.82, 2.24) is 0 Å². The highest BCUT2D eigenvalue weighted by Crippen LogP contribution is 2.21. The average Bonchev–Trinajstić information content (AvgIpc) is 2.41. The Kier molecular flexibility index (Phi) is 4.68. The van der Waals surface area contributed by atoms with Gasteiger partial charge in [-0.15, -0.1) is 0 Å². The first kappa shape index (κ1) is 13.7. The molecule has 0 spiro atoms. The second-order valence-electron chi connectivity index (χ2n) is 4.15. The SMILES string of the molecule is O=C(CCc1ccc(F)cc1)Nc1ccccc1Br. The molecule has 2 aromatic carbocycles. The van der Waals surface area contributed by atoms with Gasteiger partial charge in [-0.2, -0.15) is 0 Å². The molecule has 1 amide bonds. The fourth-order valence-electron chi connectivity index (χ4n) is 1.68. The molecule has 2 nitrogen and oxygen atoms in total. The number of aryl methyl sites for hydroxylation is 1. The van der Waals surface area contributed by atoms with E-state index in [-0.39, 0.29) is 11.7 Å². The van der Waals surface area contributed by atoms with Gasteiger partial charge in [0.05, 0.1) is 5.69 Å². The summed E-state index contributed by atoms with van der Waals surface area (Å²) >= 11 is 3.37. The lowest BCUT2D eigenvalue weighted by Gasteiger charge is -2.07. The zero-order valence-corrected chi connectivity index (χ0v) is 11.8. The van der Waals surface area contributed by atoms with Crippen LogP contribution in [0.1, 0.15) is 12.0 Å². The molecule has 0 saturated carbocycles. The fourth-order valence-corrected chi connectivity index (χ4v) is 2.07. The van der Waals surface area contributed by atoms with Crippen LogP contribution in [0.4, 0.5) is 10.1 Å². The molecule has 0 heterocycles. The van der Waals surface area contributed by atoms with Gasteiger partial charge in [-0.3, -0.25) is 4.79 Å². The highest BCUT2D eigenvalue weighted by atomic mass is 79.9.